The van der Waals surface area contributed by atoms with Gasteiger partial charge in [-0.3, -0.25) is 0 Å². The monoisotopic (exact) mass is 657 g/mol. The summed E-state index contributed by atoms with van der Waals surface area (Å²) in [6.45, 7) is 11.8. The van der Waals surface area contributed by atoms with Gasteiger partial charge >= 0.3 is 227 Å². The first-order valence-corrected chi connectivity index (χ1v) is 19.9. The summed E-state index contributed by atoms with van der Waals surface area (Å²) < 4.78 is 15.0. The average molecular weight is 656 g/mol. The number of benzene rings is 2. The van der Waals surface area contributed by atoms with Crippen LogP contribution >= 0.6 is 0 Å². The van der Waals surface area contributed by atoms with E-state index in [0.29, 0.717) is 5.92 Å². The SMILES string of the molecule is CC1=C(C2=C3C(=CC=CC(=[Si](C)C)C3C)[C]([Hf]([O]c3ccccc3)[O]c3ccccc3)=C2C)CC=C1. The third-order valence-corrected chi connectivity index (χ3v) is 15.7. The van der Waals surface area contributed by atoms with E-state index in [-0.39, 0.29) is 0 Å². The van der Waals surface area contributed by atoms with Crippen molar-refractivity contribution in [3.63, 3.8) is 0 Å². The third-order valence-electron chi connectivity index (χ3n) is 7.17. The molecule has 0 spiro atoms. The first-order chi connectivity index (χ1) is 17.5. The fourth-order valence-corrected chi connectivity index (χ4v) is 13.4. The standard InChI is InChI=1S/C20H23Si.2C6H6O.Hf/c1-13-8-6-10-17(13)19-14(2)12-16-9-7-11-18(21(4)5)15(3)20(16)19;2*7-6-4-2-1-3-5-6;/h6-9,11,15H,10H2,1-5H3;2*1-5,7H;/q;;;+2/p-2. The molecule has 2 nitrogen and oxygen atoms in total. The van der Waals surface area contributed by atoms with E-state index in [0.717, 1.165) is 17.9 Å². The van der Waals surface area contributed by atoms with E-state index in [1.54, 1.807) is 5.17 Å². The van der Waals surface area contributed by atoms with Gasteiger partial charge in [-0.25, -0.2) is 0 Å². The molecule has 0 heterocycles. The van der Waals surface area contributed by atoms with E-state index in [2.05, 4.69) is 64.2 Å². The molecule has 1 atom stereocenters. The first kappa shape index (κ1) is 25.1. The topological polar surface area (TPSA) is 18.5 Å². The molecule has 181 valence electrons. The molecular formula is C32H33HfO2Si. The van der Waals surface area contributed by atoms with Crippen molar-refractivity contribution in [3.8, 4) is 11.5 Å². The molecule has 0 aliphatic heterocycles. The van der Waals surface area contributed by atoms with Crippen molar-refractivity contribution in [1.82, 2.24) is 0 Å². The van der Waals surface area contributed by atoms with Crippen LogP contribution in [0.25, 0.3) is 0 Å². The summed E-state index contributed by atoms with van der Waals surface area (Å²) in [6, 6.07) is 20.4. The fraction of sp³-hybridized carbons (Fsp3) is 0.219. The van der Waals surface area contributed by atoms with Crippen molar-refractivity contribution in [2.45, 2.75) is 40.3 Å². The van der Waals surface area contributed by atoms with Crippen LogP contribution in [0.4, 0.5) is 0 Å². The van der Waals surface area contributed by atoms with Gasteiger partial charge in [-0.2, -0.15) is 0 Å². The van der Waals surface area contributed by atoms with Gasteiger partial charge in [0.2, 0.25) is 0 Å². The predicted molar refractivity (Wildman–Crippen MR) is 149 cm³/mol. The third kappa shape index (κ3) is 4.86. The Morgan fingerprint density at radius 1 is 0.861 bits per heavy atom. The quantitative estimate of drug-likeness (QED) is 0.293. The number of fused-ring (bicyclic) bond motifs is 1. The summed E-state index contributed by atoms with van der Waals surface area (Å²) in [5, 5.41) is 1.58. The Bertz CT molecular complexity index is 1340. The Labute approximate surface area is 226 Å². The van der Waals surface area contributed by atoms with Gasteiger partial charge in [0.1, 0.15) is 0 Å². The molecule has 3 aliphatic rings. The molecule has 4 heteroatoms. The molecule has 5 rings (SSSR count). The van der Waals surface area contributed by atoms with Crippen LogP contribution in [-0.2, 0) is 22.3 Å². The molecule has 0 saturated carbocycles. The van der Waals surface area contributed by atoms with Crippen LogP contribution in [0.5, 0.6) is 11.5 Å². The number of hydrogen-bond donors (Lipinski definition) is 0. The van der Waals surface area contributed by atoms with Crippen LogP contribution in [0.2, 0.25) is 13.1 Å². The first-order valence-electron chi connectivity index (χ1n) is 12.7. The molecular weight excluding hydrogens is 623 g/mol. The van der Waals surface area contributed by atoms with E-state index in [1.807, 2.05) is 60.7 Å². The summed E-state index contributed by atoms with van der Waals surface area (Å²) in [4.78, 5) is 0. The van der Waals surface area contributed by atoms with Crippen LogP contribution in [0.3, 0.4) is 0 Å². The maximum absolute atomic E-state index is 6.82. The fourth-order valence-electron chi connectivity index (χ4n) is 5.45. The summed E-state index contributed by atoms with van der Waals surface area (Å²) in [5.74, 6) is 2.16. The molecule has 1 unspecified atom stereocenters. The molecule has 0 amide bonds. The minimum atomic E-state index is -3.37. The Morgan fingerprint density at radius 3 is 2.00 bits per heavy atom. The number of para-hydroxylation sites is 2. The van der Waals surface area contributed by atoms with Crippen molar-refractivity contribution in [2.24, 2.45) is 5.92 Å². The predicted octanol–water partition coefficient (Wildman–Crippen LogP) is 8.09. The summed E-state index contributed by atoms with van der Waals surface area (Å²) in [7, 11) is -0.588. The zero-order valence-corrected chi connectivity index (χ0v) is 26.4. The van der Waals surface area contributed by atoms with Gasteiger partial charge in [-0.05, 0) is 0 Å². The van der Waals surface area contributed by atoms with E-state index in [1.165, 1.54) is 36.8 Å². The van der Waals surface area contributed by atoms with E-state index in [9.17, 15) is 0 Å². The van der Waals surface area contributed by atoms with Crippen LogP contribution in [-0.4, -0.2) is 13.6 Å². The Balaban J connectivity index is 1.68. The maximum atomic E-state index is 6.82. The molecule has 2 aromatic rings. The molecule has 36 heavy (non-hydrogen) atoms. The van der Waals surface area contributed by atoms with Gasteiger partial charge in [0.25, 0.3) is 0 Å². The second kappa shape index (κ2) is 10.8. The van der Waals surface area contributed by atoms with Crippen LogP contribution in [0.15, 0.2) is 128 Å². The van der Waals surface area contributed by atoms with E-state index in [4.69, 9.17) is 5.71 Å². The van der Waals surface area contributed by atoms with E-state index < -0.39 is 30.7 Å². The second-order valence-electron chi connectivity index (χ2n) is 9.79. The van der Waals surface area contributed by atoms with Crippen molar-refractivity contribution in [1.29, 1.82) is 0 Å². The van der Waals surface area contributed by atoms with Crippen molar-refractivity contribution < 1.29 is 28.0 Å². The normalized spacial score (nSPS) is 19.0. The van der Waals surface area contributed by atoms with Gasteiger partial charge in [-0.1, -0.05) is 0 Å². The number of rotatable bonds is 6. The molecule has 0 aromatic heterocycles. The zero-order valence-electron chi connectivity index (χ0n) is 21.8. The second-order valence-corrected chi connectivity index (χ2v) is 17.7. The molecule has 0 radical (unpaired) electrons. The van der Waals surface area contributed by atoms with Gasteiger partial charge in [0.05, 0.1) is 0 Å². The van der Waals surface area contributed by atoms with Crippen molar-refractivity contribution in [3.05, 3.63) is 128 Å². The van der Waals surface area contributed by atoms with Crippen LogP contribution < -0.4 is 5.71 Å². The van der Waals surface area contributed by atoms with Crippen molar-refractivity contribution in [2.75, 3.05) is 0 Å². The van der Waals surface area contributed by atoms with Crippen LogP contribution in [0.1, 0.15) is 27.2 Å². The molecule has 0 saturated heterocycles. The van der Waals surface area contributed by atoms with Crippen LogP contribution in [0, 0.1) is 5.92 Å². The number of allylic oxidation sites excluding steroid dienone is 12. The summed E-state index contributed by atoms with van der Waals surface area (Å²) >= 11 is -3.37. The Hall–Kier alpha value is -2.56. The molecule has 2 aromatic carbocycles. The van der Waals surface area contributed by atoms with Gasteiger partial charge in [0.15, 0.2) is 0 Å². The van der Waals surface area contributed by atoms with Gasteiger partial charge in [0, 0.05) is 0 Å². The zero-order chi connectivity index (χ0) is 25.2. The van der Waals surface area contributed by atoms with Gasteiger partial charge < -0.3 is 0 Å². The molecule has 0 fully saturated rings. The summed E-state index contributed by atoms with van der Waals surface area (Å²) in [6.07, 6.45) is 12.5. The van der Waals surface area contributed by atoms with Gasteiger partial charge in [-0.15, -0.1) is 0 Å². The number of hydrogen-bond acceptors (Lipinski definition) is 2. The Morgan fingerprint density at radius 2 is 1.47 bits per heavy atom. The molecule has 3 aliphatic carbocycles. The molecule has 0 bridgehead atoms. The molecule has 0 N–H and O–H groups in total. The van der Waals surface area contributed by atoms with Crippen molar-refractivity contribution >= 4 is 13.6 Å². The van der Waals surface area contributed by atoms with E-state index >= 15 is 0 Å². The Kier molecular flexibility index (Phi) is 7.54. The summed E-state index contributed by atoms with van der Waals surface area (Å²) in [5.41, 5.74) is 8.44. The average Bonchev–Trinajstić information content (AvgIpc) is 3.36. The minimum absolute atomic E-state index is 0.378.